The van der Waals surface area contributed by atoms with Gasteiger partial charge in [-0.2, -0.15) is 0 Å². The van der Waals surface area contributed by atoms with Gasteiger partial charge in [0.25, 0.3) is 6.43 Å². The standard InChI is InChI=1S/C8H5F5INO2/c9-6(10)3-1-5(17-8(11,12)13)4(2-16)15-7(3)14/h1,6,16H,2H2. The second kappa shape index (κ2) is 5.29. The van der Waals surface area contributed by atoms with E-state index < -0.39 is 36.4 Å². The van der Waals surface area contributed by atoms with E-state index >= 15 is 0 Å². The quantitative estimate of drug-likeness (QED) is 0.506. The van der Waals surface area contributed by atoms with Crippen LogP contribution in [-0.2, 0) is 6.61 Å². The van der Waals surface area contributed by atoms with E-state index in [2.05, 4.69) is 9.72 Å². The molecule has 0 spiro atoms. The van der Waals surface area contributed by atoms with Crippen molar-refractivity contribution in [3.05, 3.63) is 21.0 Å². The van der Waals surface area contributed by atoms with Crippen LogP contribution in [0.4, 0.5) is 22.0 Å². The van der Waals surface area contributed by atoms with E-state index in [4.69, 9.17) is 5.11 Å². The first-order chi connectivity index (χ1) is 7.74. The molecule has 96 valence electrons. The molecule has 0 aliphatic rings. The van der Waals surface area contributed by atoms with E-state index in [1.165, 1.54) is 22.6 Å². The second-order valence-electron chi connectivity index (χ2n) is 2.82. The van der Waals surface area contributed by atoms with Gasteiger partial charge < -0.3 is 9.84 Å². The van der Waals surface area contributed by atoms with Crippen LogP contribution < -0.4 is 4.74 Å². The van der Waals surface area contributed by atoms with Gasteiger partial charge in [0.15, 0.2) is 5.75 Å². The molecule has 1 rings (SSSR count). The van der Waals surface area contributed by atoms with Gasteiger partial charge in [0.1, 0.15) is 9.39 Å². The summed E-state index contributed by atoms with van der Waals surface area (Å²) in [6.45, 7) is -0.842. The lowest BCUT2D eigenvalue weighted by molar-refractivity contribution is -0.275. The summed E-state index contributed by atoms with van der Waals surface area (Å²) in [5.74, 6) is -0.921. The van der Waals surface area contributed by atoms with Crippen LogP contribution in [0.3, 0.4) is 0 Å². The number of aliphatic hydroxyl groups excluding tert-OH is 1. The van der Waals surface area contributed by atoms with E-state index in [1.807, 2.05) is 0 Å². The van der Waals surface area contributed by atoms with Crippen molar-refractivity contribution >= 4 is 22.6 Å². The first-order valence-electron chi connectivity index (χ1n) is 4.08. The van der Waals surface area contributed by atoms with Crippen molar-refractivity contribution in [1.29, 1.82) is 0 Å². The Bertz CT molecular complexity index is 410. The number of rotatable bonds is 3. The first kappa shape index (κ1) is 14.4. The van der Waals surface area contributed by atoms with Crippen molar-refractivity contribution < 1.29 is 31.8 Å². The Morgan fingerprint density at radius 1 is 1.41 bits per heavy atom. The van der Waals surface area contributed by atoms with Crippen molar-refractivity contribution in [2.45, 2.75) is 19.4 Å². The summed E-state index contributed by atoms with van der Waals surface area (Å²) in [6, 6.07) is 0.526. The predicted octanol–water partition coefficient (Wildman–Crippen LogP) is 3.01. The van der Waals surface area contributed by atoms with Crippen LogP contribution in [0.25, 0.3) is 0 Å². The van der Waals surface area contributed by atoms with E-state index in [9.17, 15) is 22.0 Å². The molecule has 0 amide bonds. The largest absolute Gasteiger partial charge is 0.573 e. The lowest BCUT2D eigenvalue weighted by atomic mass is 10.2. The van der Waals surface area contributed by atoms with Crippen molar-refractivity contribution in [3.8, 4) is 5.75 Å². The minimum atomic E-state index is -5.03. The van der Waals surface area contributed by atoms with Gasteiger partial charge in [-0.25, -0.2) is 13.8 Å². The Morgan fingerprint density at radius 2 is 2.00 bits per heavy atom. The third kappa shape index (κ3) is 3.91. The molecule has 0 unspecified atom stereocenters. The smallest absolute Gasteiger partial charge is 0.404 e. The fraction of sp³-hybridized carbons (Fsp3) is 0.375. The predicted molar refractivity (Wildman–Crippen MR) is 54.5 cm³/mol. The van der Waals surface area contributed by atoms with E-state index in [1.54, 1.807) is 0 Å². The Balaban J connectivity index is 3.22. The van der Waals surface area contributed by atoms with Gasteiger partial charge in [0.05, 0.1) is 12.2 Å². The highest BCUT2D eigenvalue weighted by molar-refractivity contribution is 14.1. The van der Waals surface area contributed by atoms with Gasteiger partial charge in [-0.15, -0.1) is 13.2 Å². The van der Waals surface area contributed by atoms with E-state index in [-0.39, 0.29) is 3.70 Å². The topological polar surface area (TPSA) is 42.4 Å². The molecule has 1 N–H and O–H groups in total. The summed E-state index contributed by atoms with van der Waals surface area (Å²) < 4.78 is 64.1. The zero-order valence-corrected chi connectivity index (χ0v) is 10.1. The number of aromatic nitrogens is 1. The maximum Gasteiger partial charge on any atom is 0.573 e. The molecule has 1 aromatic heterocycles. The lowest BCUT2D eigenvalue weighted by Crippen LogP contribution is -2.19. The summed E-state index contributed by atoms with van der Waals surface area (Å²) in [7, 11) is 0. The van der Waals surface area contributed by atoms with Crippen LogP contribution in [0, 0.1) is 3.70 Å². The van der Waals surface area contributed by atoms with E-state index in [0.29, 0.717) is 6.07 Å². The fourth-order valence-corrected chi connectivity index (χ4v) is 1.68. The number of halogens is 6. The van der Waals surface area contributed by atoms with Crippen molar-refractivity contribution in [3.63, 3.8) is 0 Å². The number of hydrogen-bond donors (Lipinski definition) is 1. The zero-order chi connectivity index (χ0) is 13.2. The summed E-state index contributed by atoms with van der Waals surface area (Å²) in [5.41, 5.74) is -1.13. The van der Waals surface area contributed by atoms with Gasteiger partial charge in [-0.05, 0) is 28.7 Å². The Morgan fingerprint density at radius 3 is 2.41 bits per heavy atom. The lowest BCUT2D eigenvalue weighted by Gasteiger charge is -2.13. The molecular formula is C8H5F5INO2. The summed E-state index contributed by atoms with van der Waals surface area (Å²) in [4.78, 5) is 3.43. The maximum absolute atomic E-state index is 12.4. The molecule has 0 saturated carbocycles. The molecule has 0 fully saturated rings. The Hall–Kier alpha value is -0.710. The molecule has 1 aromatic rings. The number of hydrogen-bond acceptors (Lipinski definition) is 3. The molecule has 0 aromatic carbocycles. The van der Waals surface area contributed by atoms with Crippen LogP contribution >= 0.6 is 22.6 Å². The molecule has 17 heavy (non-hydrogen) atoms. The molecule has 0 saturated heterocycles. The molecule has 0 aliphatic carbocycles. The number of nitrogens with zero attached hydrogens (tertiary/aromatic N) is 1. The minimum absolute atomic E-state index is 0.184. The highest BCUT2D eigenvalue weighted by Gasteiger charge is 2.33. The van der Waals surface area contributed by atoms with Crippen LogP contribution in [0.2, 0.25) is 0 Å². The van der Waals surface area contributed by atoms with Gasteiger partial charge in [-0.3, -0.25) is 0 Å². The van der Waals surface area contributed by atoms with Gasteiger partial charge in [0.2, 0.25) is 0 Å². The zero-order valence-electron chi connectivity index (χ0n) is 7.93. The molecule has 0 radical (unpaired) electrons. The Labute approximate surface area is 106 Å². The molecule has 0 aliphatic heterocycles. The maximum atomic E-state index is 12.4. The highest BCUT2D eigenvalue weighted by atomic mass is 127. The number of ether oxygens (including phenoxy) is 1. The summed E-state index contributed by atoms with van der Waals surface area (Å²) >= 11 is 1.44. The van der Waals surface area contributed by atoms with Crippen LogP contribution in [0.5, 0.6) is 5.75 Å². The summed E-state index contributed by atoms with van der Waals surface area (Å²) in [5, 5.41) is 8.77. The van der Waals surface area contributed by atoms with Gasteiger partial charge in [-0.1, -0.05) is 0 Å². The van der Waals surface area contributed by atoms with Gasteiger partial charge in [0, 0.05) is 0 Å². The van der Waals surface area contributed by atoms with Crippen molar-refractivity contribution in [2.75, 3.05) is 0 Å². The van der Waals surface area contributed by atoms with E-state index in [0.717, 1.165) is 0 Å². The first-order valence-corrected chi connectivity index (χ1v) is 5.16. The highest BCUT2D eigenvalue weighted by Crippen LogP contribution is 2.32. The molecule has 1 heterocycles. The molecular weight excluding hydrogens is 364 g/mol. The minimum Gasteiger partial charge on any atom is -0.404 e. The number of alkyl halides is 5. The molecule has 9 heteroatoms. The number of pyridine rings is 1. The molecule has 0 bridgehead atoms. The monoisotopic (exact) mass is 369 g/mol. The summed E-state index contributed by atoms with van der Waals surface area (Å²) in [6.07, 6.45) is -8.00. The van der Waals surface area contributed by atoms with Crippen LogP contribution in [-0.4, -0.2) is 16.5 Å². The number of aliphatic hydroxyl groups is 1. The molecule has 3 nitrogen and oxygen atoms in total. The van der Waals surface area contributed by atoms with Gasteiger partial charge >= 0.3 is 6.36 Å². The van der Waals surface area contributed by atoms with Crippen LogP contribution in [0.1, 0.15) is 17.7 Å². The fourth-order valence-electron chi connectivity index (χ4n) is 1.00. The second-order valence-corrected chi connectivity index (χ2v) is 3.84. The van der Waals surface area contributed by atoms with Crippen molar-refractivity contribution in [1.82, 2.24) is 4.98 Å². The Kier molecular flexibility index (Phi) is 4.47. The average Bonchev–Trinajstić information content (AvgIpc) is 2.17. The third-order valence-electron chi connectivity index (χ3n) is 1.65. The average molecular weight is 369 g/mol. The third-order valence-corrected chi connectivity index (χ3v) is 2.52. The molecule has 0 atom stereocenters. The normalized spacial score (nSPS) is 12.0. The van der Waals surface area contributed by atoms with Crippen LogP contribution in [0.15, 0.2) is 6.07 Å². The SMILES string of the molecule is OCc1nc(I)c(C(F)F)cc1OC(F)(F)F. The van der Waals surface area contributed by atoms with Crippen molar-refractivity contribution in [2.24, 2.45) is 0 Å².